The van der Waals surface area contributed by atoms with Crippen LogP contribution in [0.2, 0.25) is 0 Å². The molecule has 4 aromatic rings. The van der Waals surface area contributed by atoms with Gasteiger partial charge in [-0.25, -0.2) is 9.78 Å². The van der Waals surface area contributed by atoms with Gasteiger partial charge in [0.15, 0.2) is 11.2 Å². The van der Waals surface area contributed by atoms with Crippen LogP contribution in [0.5, 0.6) is 5.75 Å². The smallest absolute Gasteiger partial charge is 0.336 e. The molecule has 0 bridgehead atoms. The number of hydrogen-bond acceptors (Lipinski definition) is 8. The molecule has 0 aliphatic rings. The van der Waals surface area contributed by atoms with Gasteiger partial charge in [-0.3, -0.25) is 20.2 Å². The number of benzene rings is 2. The zero-order valence-electron chi connectivity index (χ0n) is 15.9. The van der Waals surface area contributed by atoms with Gasteiger partial charge in [-0.2, -0.15) is 0 Å². The fraction of sp³-hybridized carbons (Fsp3) is 0.150. The Morgan fingerprint density at radius 1 is 1.27 bits per heavy atom. The second-order valence-electron chi connectivity index (χ2n) is 6.58. The Balaban J connectivity index is 1.50. The topological polar surface area (TPSA) is 125 Å². The predicted octanol–water partition coefficient (Wildman–Crippen LogP) is 4.03. The number of rotatable bonds is 5. The number of nitrogens with one attached hydrogen (secondary N) is 1. The first-order chi connectivity index (χ1) is 14.3. The molecule has 9 nitrogen and oxygen atoms in total. The second kappa shape index (κ2) is 7.56. The largest absolute Gasteiger partial charge is 0.481 e. The SMILES string of the molecule is Cc1cc(=O)oc2cc(OC(C)C(=O)Nc3nc4ccc([N+](=O)[O-])cc4s3)ccc12. The van der Waals surface area contributed by atoms with Crippen LogP contribution in [0.25, 0.3) is 21.2 Å². The maximum Gasteiger partial charge on any atom is 0.336 e. The van der Waals surface area contributed by atoms with Crippen LogP contribution in [0, 0.1) is 17.0 Å². The van der Waals surface area contributed by atoms with E-state index in [1.165, 1.54) is 24.3 Å². The number of carbonyl (C=O) groups excluding carboxylic acids is 1. The Morgan fingerprint density at radius 3 is 2.83 bits per heavy atom. The van der Waals surface area contributed by atoms with E-state index in [1.54, 1.807) is 25.1 Å². The van der Waals surface area contributed by atoms with Crippen LogP contribution >= 0.6 is 11.3 Å². The minimum absolute atomic E-state index is 0.0427. The monoisotopic (exact) mass is 425 g/mol. The molecule has 0 saturated heterocycles. The Labute approximate surface area is 173 Å². The lowest BCUT2D eigenvalue weighted by Gasteiger charge is -2.14. The molecule has 30 heavy (non-hydrogen) atoms. The summed E-state index contributed by atoms with van der Waals surface area (Å²) in [5.74, 6) is -0.0619. The molecule has 1 unspecified atom stereocenters. The number of amides is 1. The Kier molecular flexibility index (Phi) is 4.92. The van der Waals surface area contributed by atoms with Crippen LogP contribution in [-0.2, 0) is 4.79 Å². The molecule has 0 aliphatic carbocycles. The van der Waals surface area contributed by atoms with Gasteiger partial charge in [0.05, 0.1) is 15.1 Å². The van der Waals surface area contributed by atoms with Gasteiger partial charge in [0.2, 0.25) is 0 Å². The van der Waals surface area contributed by atoms with Crippen LogP contribution < -0.4 is 15.7 Å². The van der Waals surface area contributed by atoms with Gasteiger partial charge in [-0.15, -0.1) is 0 Å². The van der Waals surface area contributed by atoms with Gasteiger partial charge in [0.1, 0.15) is 11.3 Å². The number of nitro groups is 1. The summed E-state index contributed by atoms with van der Waals surface area (Å²) in [6, 6.07) is 10.7. The maximum atomic E-state index is 12.5. The third kappa shape index (κ3) is 3.85. The van der Waals surface area contributed by atoms with Crippen molar-refractivity contribution in [2.75, 3.05) is 5.32 Å². The standard InChI is InChI=1S/C20H15N3O6S/c1-10-7-18(24)29-16-9-13(4-5-14(10)16)28-11(2)19(25)22-20-21-15-6-3-12(23(26)27)8-17(15)30-20/h3-9,11H,1-2H3,(H,21,22,25). The zero-order chi connectivity index (χ0) is 21.4. The van der Waals surface area contributed by atoms with Crippen molar-refractivity contribution in [2.24, 2.45) is 0 Å². The molecule has 4 rings (SSSR count). The molecule has 0 spiro atoms. The number of ether oxygens (including phenoxy) is 1. The molecule has 0 radical (unpaired) electrons. The second-order valence-corrected chi connectivity index (χ2v) is 7.61. The molecule has 1 N–H and O–H groups in total. The number of carbonyl (C=O) groups is 1. The highest BCUT2D eigenvalue weighted by Crippen LogP contribution is 2.29. The van der Waals surface area contributed by atoms with E-state index in [2.05, 4.69) is 10.3 Å². The molecule has 2 aromatic carbocycles. The van der Waals surface area contributed by atoms with Gasteiger partial charge in [0, 0.05) is 29.7 Å². The van der Waals surface area contributed by atoms with Crippen molar-refractivity contribution in [3.63, 3.8) is 0 Å². The summed E-state index contributed by atoms with van der Waals surface area (Å²) in [5.41, 5.74) is 1.21. The average molecular weight is 425 g/mol. The minimum atomic E-state index is -0.861. The van der Waals surface area contributed by atoms with Gasteiger partial charge >= 0.3 is 5.63 Å². The highest BCUT2D eigenvalue weighted by Gasteiger charge is 2.18. The van der Waals surface area contributed by atoms with Gasteiger partial charge in [-0.1, -0.05) is 11.3 Å². The first kappa shape index (κ1) is 19.5. The number of fused-ring (bicyclic) bond motifs is 2. The minimum Gasteiger partial charge on any atom is -0.481 e. The Morgan fingerprint density at radius 2 is 2.07 bits per heavy atom. The van der Waals surface area contributed by atoms with Crippen molar-refractivity contribution < 1.29 is 18.9 Å². The summed E-state index contributed by atoms with van der Waals surface area (Å²) >= 11 is 1.13. The van der Waals surface area contributed by atoms with Gasteiger partial charge in [0.25, 0.3) is 11.6 Å². The van der Waals surface area contributed by atoms with Gasteiger partial charge in [-0.05, 0) is 37.6 Å². The predicted molar refractivity (Wildman–Crippen MR) is 112 cm³/mol. The number of aryl methyl sites for hydroxylation is 1. The molecule has 0 fully saturated rings. The molecule has 2 heterocycles. The first-order valence-electron chi connectivity index (χ1n) is 8.87. The fourth-order valence-electron chi connectivity index (χ4n) is 2.92. The van der Waals surface area contributed by atoms with Crippen molar-refractivity contribution >= 4 is 49.2 Å². The van der Waals surface area contributed by atoms with Crippen LogP contribution in [0.3, 0.4) is 0 Å². The number of nitrogens with zero attached hydrogens (tertiary/aromatic N) is 2. The third-order valence-electron chi connectivity index (χ3n) is 4.42. The van der Waals surface area contributed by atoms with Crippen LogP contribution in [0.4, 0.5) is 10.8 Å². The molecule has 1 amide bonds. The molecule has 10 heteroatoms. The average Bonchev–Trinajstić information content (AvgIpc) is 3.08. The Bertz CT molecular complexity index is 1360. The van der Waals surface area contributed by atoms with Crippen molar-refractivity contribution in [1.82, 2.24) is 4.98 Å². The summed E-state index contributed by atoms with van der Waals surface area (Å²) in [6.07, 6.45) is -0.861. The molecule has 152 valence electrons. The van der Waals surface area contributed by atoms with Crippen LogP contribution in [0.1, 0.15) is 12.5 Å². The lowest BCUT2D eigenvalue weighted by Crippen LogP contribution is -2.30. The summed E-state index contributed by atoms with van der Waals surface area (Å²) in [6.45, 7) is 3.38. The normalized spacial score (nSPS) is 12.1. The Hall–Kier alpha value is -3.79. The number of hydrogen-bond donors (Lipinski definition) is 1. The van der Waals surface area contributed by atoms with E-state index in [1.807, 2.05) is 6.92 Å². The quantitative estimate of drug-likeness (QED) is 0.291. The first-order valence-corrected chi connectivity index (χ1v) is 9.69. The van der Waals surface area contributed by atoms with E-state index in [0.717, 1.165) is 22.3 Å². The number of nitro benzene ring substituents is 1. The molecule has 0 saturated carbocycles. The molecule has 2 aromatic heterocycles. The summed E-state index contributed by atoms with van der Waals surface area (Å²) in [7, 11) is 0. The number of anilines is 1. The summed E-state index contributed by atoms with van der Waals surface area (Å²) in [5, 5.41) is 14.6. The molecule has 0 aliphatic heterocycles. The van der Waals surface area contributed by atoms with Crippen LogP contribution in [0.15, 0.2) is 51.7 Å². The molecular formula is C20H15N3O6S. The third-order valence-corrected chi connectivity index (χ3v) is 5.35. The number of non-ortho nitro benzene ring substituents is 1. The summed E-state index contributed by atoms with van der Waals surface area (Å²) in [4.78, 5) is 38.7. The highest BCUT2D eigenvalue weighted by molar-refractivity contribution is 7.22. The lowest BCUT2D eigenvalue weighted by molar-refractivity contribution is -0.384. The van der Waals surface area contributed by atoms with Crippen molar-refractivity contribution in [3.8, 4) is 5.75 Å². The summed E-state index contributed by atoms with van der Waals surface area (Å²) < 4.78 is 11.5. The van der Waals surface area contributed by atoms with E-state index < -0.39 is 22.6 Å². The highest BCUT2D eigenvalue weighted by atomic mass is 32.1. The number of thiazole rings is 1. The van der Waals surface area contributed by atoms with E-state index in [9.17, 15) is 19.7 Å². The van der Waals surface area contributed by atoms with E-state index in [-0.39, 0.29) is 5.69 Å². The molecule has 1 atom stereocenters. The molecular weight excluding hydrogens is 410 g/mol. The fourth-order valence-corrected chi connectivity index (χ4v) is 3.83. The lowest BCUT2D eigenvalue weighted by atomic mass is 10.1. The maximum absolute atomic E-state index is 12.5. The number of aromatic nitrogens is 1. The zero-order valence-corrected chi connectivity index (χ0v) is 16.7. The van der Waals surface area contributed by atoms with Crippen molar-refractivity contribution in [1.29, 1.82) is 0 Å². The van der Waals surface area contributed by atoms with E-state index in [0.29, 0.717) is 26.7 Å². The van der Waals surface area contributed by atoms with Crippen LogP contribution in [-0.4, -0.2) is 21.9 Å². The van der Waals surface area contributed by atoms with Crippen molar-refractivity contribution in [2.45, 2.75) is 20.0 Å². The van der Waals surface area contributed by atoms with E-state index in [4.69, 9.17) is 9.15 Å². The van der Waals surface area contributed by atoms with Crippen molar-refractivity contribution in [3.05, 3.63) is 68.6 Å². The van der Waals surface area contributed by atoms with Gasteiger partial charge < -0.3 is 9.15 Å². The van der Waals surface area contributed by atoms with E-state index >= 15 is 0 Å².